The van der Waals surface area contributed by atoms with Crippen LogP contribution in [0, 0.1) is 0 Å². The second-order valence-electron chi connectivity index (χ2n) is 2.95. The van der Waals surface area contributed by atoms with Crippen LogP contribution >= 0.6 is 0 Å². The maximum Gasteiger partial charge on any atom is 0.0651 e. The quantitative estimate of drug-likeness (QED) is 0.624. The first-order valence-electron chi connectivity index (χ1n) is 4.40. The monoisotopic (exact) mass is 155 g/mol. The standard InChI is InChI=1S/C9H17NO/c10-7-3-4-8-11-9-5-1-2-6-9/h3-4,9H,1-2,5-8,10H2. The first-order valence-corrected chi connectivity index (χ1v) is 4.40. The summed E-state index contributed by atoms with van der Waals surface area (Å²) < 4.78 is 5.56. The van der Waals surface area contributed by atoms with E-state index in [9.17, 15) is 0 Å². The molecule has 0 spiro atoms. The molecule has 2 nitrogen and oxygen atoms in total. The Hall–Kier alpha value is -0.340. The molecule has 2 N–H and O–H groups in total. The number of hydrogen-bond acceptors (Lipinski definition) is 2. The van der Waals surface area contributed by atoms with Crippen molar-refractivity contribution in [2.24, 2.45) is 5.73 Å². The van der Waals surface area contributed by atoms with E-state index in [-0.39, 0.29) is 0 Å². The normalized spacial score (nSPS) is 20.1. The molecule has 0 aromatic rings. The fourth-order valence-electron chi connectivity index (χ4n) is 1.41. The van der Waals surface area contributed by atoms with Gasteiger partial charge in [-0.15, -0.1) is 0 Å². The second kappa shape index (κ2) is 5.33. The third-order valence-corrected chi connectivity index (χ3v) is 2.03. The van der Waals surface area contributed by atoms with Gasteiger partial charge in [0, 0.05) is 6.54 Å². The lowest BCUT2D eigenvalue weighted by atomic mass is 10.3. The third-order valence-electron chi connectivity index (χ3n) is 2.03. The van der Waals surface area contributed by atoms with E-state index < -0.39 is 0 Å². The molecule has 1 fully saturated rings. The number of rotatable bonds is 4. The molecule has 0 bridgehead atoms. The van der Waals surface area contributed by atoms with Crippen molar-refractivity contribution in [1.82, 2.24) is 0 Å². The molecule has 0 atom stereocenters. The summed E-state index contributed by atoms with van der Waals surface area (Å²) in [6, 6.07) is 0. The Labute approximate surface area is 68.4 Å². The van der Waals surface area contributed by atoms with Gasteiger partial charge in [0.05, 0.1) is 12.7 Å². The maximum atomic E-state index is 5.56. The first-order chi connectivity index (χ1) is 5.43. The Morgan fingerprint density at radius 1 is 1.27 bits per heavy atom. The molecule has 0 saturated heterocycles. The molecule has 64 valence electrons. The van der Waals surface area contributed by atoms with Crippen molar-refractivity contribution in [3.05, 3.63) is 12.2 Å². The van der Waals surface area contributed by atoms with E-state index in [1.54, 1.807) is 0 Å². The molecular weight excluding hydrogens is 138 g/mol. The van der Waals surface area contributed by atoms with Crippen LogP contribution in [-0.2, 0) is 4.74 Å². The highest BCUT2D eigenvalue weighted by Crippen LogP contribution is 2.20. The molecule has 1 rings (SSSR count). The average molecular weight is 155 g/mol. The summed E-state index contributed by atoms with van der Waals surface area (Å²) >= 11 is 0. The van der Waals surface area contributed by atoms with E-state index in [0.29, 0.717) is 12.6 Å². The number of ether oxygens (including phenoxy) is 1. The lowest BCUT2D eigenvalue weighted by Gasteiger charge is -2.07. The Kier molecular flexibility index (Phi) is 4.24. The van der Waals surface area contributed by atoms with Crippen LogP contribution in [-0.4, -0.2) is 19.3 Å². The maximum absolute atomic E-state index is 5.56. The fourth-order valence-corrected chi connectivity index (χ4v) is 1.41. The Balaban J connectivity index is 1.97. The van der Waals surface area contributed by atoms with Crippen LogP contribution in [0.15, 0.2) is 12.2 Å². The van der Waals surface area contributed by atoms with Crippen LogP contribution in [0.1, 0.15) is 25.7 Å². The van der Waals surface area contributed by atoms with E-state index in [1.165, 1.54) is 25.7 Å². The zero-order valence-corrected chi connectivity index (χ0v) is 6.96. The Morgan fingerprint density at radius 2 is 2.00 bits per heavy atom. The molecule has 0 aromatic heterocycles. The van der Waals surface area contributed by atoms with Crippen LogP contribution in [0.25, 0.3) is 0 Å². The van der Waals surface area contributed by atoms with Gasteiger partial charge in [0.2, 0.25) is 0 Å². The van der Waals surface area contributed by atoms with Gasteiger partial charge in [-0.2, -0.15) is 0 Å². The molecule has 0 aromatic carbocycles. The average Bonchev–Trinajstić information content (AvgIpc) is 2.50. The Bertz CT molecular complexity index is 117. The van der Waals surface area contributed by atoms with E-state index in [1.807, 2.05) is 12.2 Å². The topological polar surface area (TPSA) is 35.2 Å². The summed E-state index contributed by atoms with van der Waals surface area (Å²) in [5.41, 5.74) is 5.28. The fraction of sp³-hybridized carbons (Fsp3) is 0.778. The van der Waals surface area contributed by atoms with E-state index >= 15 is 0 Å². The summed E-state index contributed by atoms with van der Waals surface area (Å²) in [6.45, 7) is 1.36. The SMILES string of the molecule is NCC=CCOC1CCCC1. The zero-order chi connectivity index (χ0) is 7.94. The lowest BCUT2D eigenvalue weighted by Crippen LogP contribution is -2.07. The van der Waals surface area contributed by atoms with E-state index in [4.69, 9.17) is 10.5 Å². The van der Waals surface area contributed by atoms with Gasteiger partial charge < -0.3 is 10.5 Å². The molecule has 0 amide bonds. The van der Waals surface area contributed by atoms with Gasteiger partial charge in [0.15, 0.2) is 0 Å². The van der Waals surface area contributed by atoms with Crippen molar-refractivity contribution < 1.29 is 4.74 Å². The highest BCUT2D eigenvalue weighted by molar-refractivity contribution is 4.82. The van der Waals surface area contributed by atoms with Gasteiger partial charge in [-0.1, -0.05) is 25.0 Å². The largest absolute Gasteiger partial charge is 0.374 e. The summed E-state index contributed by atoms with van der Waals surface area (Å²) in [7, 11) is 0. The van der Waals surface area contributed by atoms with E-state index in [2.05, 4.69) is 0 Å². The van der Waals surface area contributed by atoms with E-state index in [0.717, 1.165) is 6.61 Å². The van der Waals surface area contributed by atoms with Gasteiger partial charge in [-0.05, 0) is 12.8 Å². The molecule has 0 heterocycles. The minimum Gasteiger partial charge on any atom is -0.374 e. The highest BCUT2D eigenvalue weighted by Gasteiger charge is 2.13. The van der Waals surface area contributed by atoms with Crippen LogP contribution in [0.4, 0.5) is 0 Å². The minimum absolute atomic E-state index is 0.525. The van der Waals surface area contributed by atoms with Crippen molar-refractivity contribution in [3.63, 3.8) is 0 Å². The predicted octanol–water partition coefficient (Wildman–Crippen LogP) is 1.46. The van der Waals surface area contributed by atoms with Gasteiger partial charge in [-0.3, -0.25) is 0 Å². The highest BCUT2D eigenvalue weighted by atomic mass is 16.5. The van der Waals surface area contributed by atoms with Gasteiger partial charge in [-0.25, -0.2) is 0 Å². The molecule has 11 heavy (non-hydrogen) atoms. The number of hydrogen-bond donors (Lipinski definition) is 1. The Morgan fingerprint density at radius 3 is 2.64 bits per heavy atom. The van der Waals surface area contributed by atoms with Crippen LogP contribution in [0.3, 0.4) is 0 Å². The lowest BCUT2D eigenvalue weighted by molar-refractivity contribution is 0.0799. The number of nitrogens with two attached hydrogens (primary N) is 1. The van der Waals surface area contributed by atoms with Crippen molar-refractivity contribution in [1.29, 1.82) is 0 Å². The summed E-state index contributed by atoms with van der Waals surface area (Å²) in [6.07, 6.45) is 9.63. The molecule has 1 aliphatic carbocycles. The molecule has 1 aliphatic rings. The second-order valence-corrected chi connectivity index (χ2v) is 2.95. The smallest absolute Gasteiger partial charge is 0.0651 e. The van der Waals surface area contributed by atoms with Crippen molar-refractivity contribution in [2.75, 3.05) is 13.2 Å². The van der Waals surface area contributed by atoms with Crippen LogP contribution in [0.2, 0.25) is 0 Å². The molecule has 0 unspecified atom stereocenters. The molecular formula is C9H17NO. The molecule has 1 saturated carbocycles. The summed E-state index contributed by atoms with van der Waals surface area (Å²) in [4.78, 5) is 0. The summed E-state index contributed by atoms with van der Waals surface area (Å²) in [5, 5.41) is 0. The molecule has 0 radical (unpaired) electrons. The summed E-state index contributed by atoms with van der Waals surface area (Å²) in [5.74, 6) is 0. The van der Waals surface area contributed by atoms with Crippen molar-refractivity contribution in [2.45, 2.75) is 31.8 Å². The van der Waals surface area contributed by atoms with Gasteiger partial charge in [0.25, 0.3) is 0 Å². The minimum atomic E-state index is 0.525. The van der Waals surface area contributed by atoms with Crippen LogP contribution in [0.5, 0.6) is 0 Å². The van der Waals surface area contributed by atoms with Crippen LogP contribution < -0.4 is 5.73 Å². The zero-order valence-electron chi connectivity index (χ0n) is 6.96. The van der Waals surface area contributed by atoms with Crippen molar-refractivity contribution in [3.8, 4) is 0 Å². The van der Waals surface area contributed by atoms with Crippen molar-refractivity contribution >= 4 is 0 Å². The van der Waals surface area contributed by atoms with Gasteiger partial charge >= 0.3 is 0 Å². The predicted molar refractivity (Wildman–Crippen MR) is 46.4 cm³/mol. The van der Waals surface area contributed by atoms with Gasteiger partial charge in [0.1, 0.15) is 0 Å². The molecule has 0 aliphatic heterocycles. The molecule has 2 heteroatoms. The first kappa shape index (κ1) is 8.75. The third kappa shape index (κ3) is 3.54.